The maximum atomic E-state index is 11.8. The zero-order valence-electron chi connectivity index (χ0n) is 10.2. The first kappa shape index (κ1) is 14.2. The molecule has 4 nitrogen and oxygen atoms in total. The largest absolute Gasteiger partial charge is 0.478 e. The highest BCUT2D eigenvalue weighted by molar-refractivity contribution is 6.51. The Labute approximate surface area is 120 Å². The number of hydrogen-bond acceptors (Lipinski definition) is 2. The third-order valence-corrected chi connectivity index (χ3v) is 4.52. The Morgan fingerprint density at radius 1 is 1.32 bits per heavy atom. The molecule has 2 N–H and O–H groups in total. The second-order valence-corrected chi connectivity index (χ2v) is 6.53. The zero-order valence-corrected chi connectivity index (χ0v) is 11.8. The molecule has 2 rings (SSSR count). The molecule has 1 atom stereocenters. The molecule has 0 spiro atoms. The number of benzene rings is 1. The molecule has 1 aromatic carbocycles. The van der Waals surface area contributed by atoms with Crippen LogP contribution in [0.5, 0.6) is 0 Å². The van der Waals surface area contributed by atoms with Gasteiger partial charge in [0.2, 0.25) is 5.91 Å². The van der Waals surface area contributed by atoms with Gasteiger partial charge in [-0.2, -0.15) is 0 Å². The van der Waals surface area contributed by atoms with Gasteiger partial charge in [-0.05, 0) is 30.7 Å². The van der Waals surface area contributed by atoms with Crippen LogP contribution in [0.3, 0.4) is 0 Å². The van der Waals surface area contributed by atoms with E-state index in [4.69, 9.17) is 28.3 Å². The topological polar surface area (TPSA) is 66.4 Å². The Morgan fingerprint density at radius 2 is 1.84 bits per heavy atom. The molecular formula is C13H13Cl2NO3. The van der Waals surface area contributed by atoms with Gasteiger partial charge in [-0.3, -0.25) is 4.79 Å². The lowest BCUT2D eigenvalue weighted by Crippen LogP contribution is -2.18. The van der Waals surface area contributed by atoms with Crippen molar-refractivity contribution in [3.8, 4) is 0 Å². The van der Waals surface area contributed by atoms with Crippen LogP contribution in [-0.2, 0) is 4.79 Å². The number of carboxylic acids is 1. The number of hydrogen-bond donors (Lipinski definition) is 2. The van der Waals surface area contributed by atoms with Gasteiger partial charge in [0.1, 0.15) is 4.33 Å². The highest BCUT2D eigenvalue weighted by Crippen LogP contribution is 2.65. The zero-order chi connectivity index (χ0) is 14.3. The number of alkyl halides is 2. The van der Waals surface area contributed by atoms with Crippen LogP contribution in [0.4, 0.5) is 5.69 Å². The molecule has 0 aromatic heterocycles. The maximum absolute atomic E-state index is 11.8. The molecule has 0 aliphatic heterocycles. The van der Waals surface area contributed by atoms with E-state index in [1.165, 1.54) is 12.1 Å². The lowest BCUT2D eigenvalue weighted by molar-refractivity contribution is -0.117. The number of aromatic carboxylic acids is 1. The fourth-order valence-electron chi connectivity index (χ4n) is 1.89. The minimum atomic E-state index is -1.00. The van der Waals surface area contributed by atoms with Gasteiger partial charge >= 0.3 is 5.97 Å². The van der Waals surface area contributed by atoms with Gasteiger partial charge < -0.3 is 10.4 Å². The third kappa shape index (κ3) is 3.01. The number of rotatable bonds is 4. The molecular weight excluding hydrogens is 289 g/mol. The second-order valence-electron chi connectivity index (χ2n) is 5.05. The van der Waals surface area contributed by atoms with Crippen molar-refractivity contribution in [1.29, 1.82) is 0 Å². The standard InChI is InChI=1S/C13H13Cl2NO3/c1-12(7-13(12,14)15)6-10(17)16-9-4-2-8(3-5-9)11(18)19/h2-5H,6-7H2,1H3,(H,16,17)(H,18,19). The fraction of sp³-hybridized carbons (Fsp3) is 0.385. The molecule has 102 valence electrons. The summed E-state index contributed by atoms with van der Waals surface area (Å²) in [4.78, 5) is 22.5. The molecule has 0 bridgehead atoms. The molecule has 0 heterocycles. The van der Waals surface area contributed by atoms with Crippen molar-refractivity contribution in [1.82, 2.24) is 0 Å². The van der Waals surface area contributed by atoms with Crippen LogP contribution in [0, 0.1) is 5.41 Å². The molecule has 1 unspecified atom stereocenters. The van der Waals surface area contributed by atoms with Gasteiger partial charge in [-0.25, -0.2) is 4.79 Å². The Morgan fingerprint density at radius 3 is 2.26 bits per heavy atom. The first-order valence-corrected chi connectivity index (χ1v) is 6.50. The van der Waals surface area contributed by atoms with Crippen molar-refractivity contribution in [2.45, 2.75) is 24.1 Å². The average Bonchev–Trinajstić information content (AvgIpc) is 2.76. The first-order chi connectivity index (χ1) is 8.73. The van der Waals surface area contributed by atoms with E-state index in [-0.39, 0.29) is 23.3 Å². The minimum Gasteiger partial charge on any atom is -0.478 e. The summed E-state index contributed by atoms with van der Waals surface area (Å²) in [6, 6.07) is 5.96. The molecule has 0 radical (unpaired) electrons. The summed E-state index contributed by atoms with van der Waals surface area (Å²) in [6.45, 7) is 1.86. The van der Waals surface area contributed by atoms with Crippen molar-refractivity contribution in [2.24, 2.45) is 5.41 Å². The highest BCUT2D eigenvalue weighted by atomic mass is 35.5. The Kier molecular flexibility index (Phi) is 3.49. The van der Waals surface area contributed by atoms with Gasteiger partial charge in [0.25, 0.3) is 0 Å². The Hall–Kier alpha value is -1.26. The first-order valence-electron chi connectivity index (χ1n) is 5.75. The summed E-state index contributed by atoms with van der Waals surface area (Å²) >= 11 is 11.9. The summed E-state index contributed by atoms with van der Waals surface area (Å²) in [5.74, 6) is -1.19. The number of nitrogens with one attached hydrogen (secondary N) is 1. The minimum absolute atomic E-state index is 0.174. The Bertz CT molecular complexity index is 527. The van der Waals surface area contributed by atoms with E-state index in [2.05, 4.69) is 5.32 Å². The fourth-order valence-corrected chi connectivity index (χ4v) is 2.62. The molecule has 6 heteroatoms. The molecule has 1 fully saturated rings. The van der Waals surface area contributed by atoms with E-state index in [1.807, 2.05) is 6.92 Å². The highest BCUT2D eigenvalue weighted by Gasteiger charge is 2.63. The van der Waals surface area contributed by atoms with Gasteiger partial charge in [0, 0.05) is 17.5 Å². The monoisotopic (exact) mass is 301 g/mol. The molecule has 1 aliphatic carbocycles. The van der Waals surface area contributed by atoms with Crippen molar-refractivity contribution in [3.63, 3.8) is 0 Å². The molecule has 19 heavy (non-hydrogen) atoms. The second kappa shape index (κ2) is 4.69. The summed E-state index contributed by atoms with van der Waals surface area (Å²) in [5, 5.41) is 11.5. The van der Waals surface area contributed by atoms with E-state index in [9.17, 15) is 9.59 Å². The van der Waals surface area contributed by atoms with Crippen molar-refractivity contribution in [2.75, 3.05) is 5.32 Å². The number of halogens is 2. The molecule has 1 saturated carbocycles. The predicted molar refractivity (Wildman–Crippen MR) is 73.8 cm³/mol. The summed E-state index contributed by atoms with van der Waals surface area (Å²) in [7, 11) is 0. The van der Waals surface area contributed by atoms with Gasteiger partial charge in [0.15, 0.2) is 0 Å². The summed E-state index contributed by atoms with van der Waals surface area (Å²) in [6.07, 6.45) is 0.829. The van der Waals surface area contributed by atoms with Gasteiger partial charge in [-0.1, -0.05) is 6.92 Å². The van der Waals surface area contributed by atoms with Crippen molar-refractivity contribution >= 4 is 40.8 Å². The number of carboxylic acid groups (broad SMARTS) is 1. The van der Waals surface area contributed by atoms with E-state index in [0.29, 0.717) is 12.1 Å². The summed E-state index contributed by atoms with van der Waals surface area (Å²) < 4.78 is -0.822. The molecule has 1 aliphatic rings. The van der Waals surface area contributed by atoms with Crippen LogP contribution in [-0.4, -0.2) is 21.3 Å². The SMILES string of the molecule is CC1(CC(=O)Nc2ccc(C(=O)O)cc2)CC1(Cl)Cl. The van der Waals surface area contributed by atoms with Crippen LogP contribution in [0.15, 0.2) is 24.3 Å². The summed E-state index contributed by atoms with van der Waals surface area (Å²) in [5.41, 5.74) is 0.336. The van der Waals surface area contributed by atoms with Crippen LogP contribution in [0.2, 0.25) is 0 Å². The molecule has 1 amide bonds. The smallest absolute Gasteiger partial charge is 0.335 e. The number of carbonyl (C=O) groups excluding carboxylic acids is 1. The normalized spacial score (nSPS) is 23.7. The van der Waals surface area contributed by atoms with E-state index in [0.717, 1.165) is 0 Å². The van der Waals surface area contributed by atoms with Crippen LogP contribution < -0.4 is 5.32 Å². The number of carbonyl (C=O) groups is 2. The lowest BCUT2D eigenvalue weighted by Gasteiger charge is -2.12. The number of anilines is 1. The lowest BCUT2D eigenvalue weighted by atomic mass is 10.1. The van der Waals surface area contributed by atoms with E-state index >= 15 is 0 Å². The Balaban J connectivity index is 1.94. The van der Waals surface area contributed by atoms with Crippen molar-refractivity contribution in [3.05, 3.63) is 29.8 Å². The van der Waals surface area contributed by atoms with Crippen LogP contribution >= 0.6 is 23.2 Å². The third-order valence-electron chi connectivity index (χ3n) is 3.34. The predicted octanol–water partition coefficient (Wildman–Crippen LogP) is 3.30. The van der Waals surface area contributed by atoms with Crippen LogP contribution in [0.1, 0.15) is 30.1 Å². The van der Waals surface area contributed by atoms with Gasteiger partial charge in [-0.15, -0.1) is 23.2 Å². The maximum Gasteiger partial charge on any atom is 0.335 e. The van der Waals surface area contributed by atoms with Crippen LogP contribution in [0.25, 0.3) is 0 Å². The van der Waals surface area contributed by atoms with E-state index in [1.54, 1.807) is 12.1 Å². The molecule has 1 aromatic rings. The average molecular weight is 302 g/mol. The van der Waals surface area contributed by atoms with Gasteiger partial charge in [0.05, 0.1) is 5.56 Å². The number of amides is 1. The quantitative estimate of drug-likeness (QED) is 0.839. The van der Waals surface area contributed by atoms with Crippen molar-refractivity contribution < 1.29 is 14.7 Å². The van der Waals surface area contributed by atoms with E-state index < -0.39 is 10.3 Å². The molecule has 0 saturated heterocycles.